The lowest BCUT2D eigenvalue weighted by Crippen LogP contribution is -2.47. The Balaban J connectivity index is 0.00000300. The van der Waals surface area contributed by atoms with Gasteiger partial charge in [0, 0.05) is 47.0 Å². The Labute approximate surface area is 191 Å². The molecule has 0 bridgehead atoms. The van der Waals surface area contributed by atoms with Gasteiger partial charge in [-0.05, 0) is 42.0 Å². The minimum absolute atomic E-state index is 0. The number of hydrogen-bond acceptors (Lipinski definition) is 3. The van der Waals surface area contributed by atoms with Crippen molar-refractivity contribution in [2.24, 2.45) is 4.99 Å². The van der Waals surface area contributed by atoms with Gasteiger partial charge in [-0.1, -0.05) is 42.5 Å². The van der Waals surface area contributed by atoms with Crippen LogP contribution < -0.4 is 5.32 Å². The van der Waals surface area contributed by atoms with Crippen molar-refractivity contribution in [1.82, 2.24) is 10.2 Å². The number of nitrogens with one attached hydrogen (secondary N) is 1. The van der Waals surface area contributed by atoms with Crippen LogP contribution in [0.25, 0.3) is 10.8 Å². The first-order valence-corrected chi connectivity index (χ1v) is 10.3. The molecule has 0 radical (unpaired) electrons. The van der Waals surface area contributed by atoms with Gasteiger partial charge in [0.1, 0.15) is 0 Å². The van der Waals surface area contributed by atoms with Crippen LogP contribution in [0.15, 0.2) is 47.5 Å². The molecule has 0 unspecified atom stereocenters. The van der Waals surface area contributed by atoms with Crippen LogP contribution in [0.1, 0.15) is 24.8 Å². The SMILES string of the molecule is CN=C(NCCc1cccc2ccccc12)N1CCC(OCCCOC)CC1.I. The molecule has 0 amide bonds. The Morgan fingerprint density at radius 1 is 1.10 bits per heavy atom. The summed E-state index contributed by atoms with van der Waals surface area (Å²) in [5.74, 6) is 0.998. The average Bonchev–Trinajstić information content (AvgIpc) is 2.75. The molecule has 160 valence electrons. The van der Waals surface area contributed by atoms with E-state index in [-0.39, 0.29) is 24.0 Å². The van der Waals surface area contributed by atoms with Crippen LogP contribution in [0.3, 0.4) is 0 Å². The minimum atomic E-state index is 0. The van der Waals surface area contributed by atoms with Crippen LogP contribution in [0.4, 0.5) is 0 Å². The maximum Gasteiger partial charge on any atom is 0.193 e. The maximum absolute atomic E-state index is 5.96. The molecule has 1 saturated heterocycles. The molecular weight excluding hydrogens is 477 g/mol. The van der Waals surface area contributed by atoms with Crippen molar-refractivity contribution < 1.29 is 9.47 Å². The predicted octanol–water partition coefficient (Wildman–Crippen LogP) is 4.09. The summed E-state index contributed by atoms with van der Waals surface area (Å²) in [5.41, 5.74) is 1.38. The number of piperidine rings is 1. The Hall–Kier alpha value is -1.38. The van der Waals surface area contributed by atoms with Crippen molar-refractivity contribution in [2.75, 3.05) is 47.0 Å². The van der Waals surface area contributed by atoms with Gasteiger partial charge in [-0.15, -0.1) is 24.0 Å². The Morgan fingerprint density at radius 2 is 1.86 bits per heavy atom. The van der Waals surface area contributed by atoms with Gasteiger partial charge in [-0.25, -0.2) is 0 Å². The number of aliphatic imine (C=N–C) groups is 1. The molecular formula is C23H34IN3O2. The molecule has 29 heavy (non-hydrogen) atoms. The summed E-state index contributed by atoms with van der Waals surface area (Å²) in [6.07, 6.45) is 4.42. The van der Waals surface area contributed by atoms with Crippen LogP contribution >= 0.6 is 24.0 Å². The number of benzene rings is 2. The lowest BCUT2D eigenvalue weighted by atomic mass is 10.0. The number of methoxy groups -OCH3 is 1. The van der Waals surface area contributed by atoms with E-state index in [9.17, 15) is 0 Å². The highest BCUT2D eigenvalue weighted by Gasteiger charge is 2.21. The Morgan fingerprint density at radius 3 is 2.62 bits per heavy atom. The van der Waals surface area contributed by atoms with E-state index in [0.29, 0.717) is 6.10 Å². The van der Waals surface area contributed by atoms with Gasteiger partial charge in [-0.3, -0.25) is 4.99 Å². The first kappa shape index (κ1) is 23.9. The van der Waals surface area contributed by atoms with Crippen LogP contribution in [-0.4, -0.2) is 64.0 Å². The van der Waals surface area contributed by atoms with Gasteiger partial charge in [0.2, 0.25) is 0 Å². The molecule has 0 aliphatic carbocycles. The van der Waals surface area contributed by atoms with Gasteiger partial charge in [0.25, 0.3) is 0 Å². The molecule has 1 heterocycles. The smallest absolute Gasteiger partial charge is 0.193 e. The summed E-state index contributed by atoms with van der Waals surface area (Å²) in [5, 5.41) is 6.19. The number of likely N-dealkylation sites (tertiary alicyclic amines) is 1. The number of hydrogen-bond donors (Lipinski definition) is 1. The maximum atomic E-state index is 5.96. The fourth-order valence-electron chi connectivity index (χ4n) is 3.84. The predicted molar refractivity (Wildman–Crippen MR) is 131 cm³/mol. The van der Waals surface area contributed by atoms with E-state index in [1.54, 1.807) is 7.11 Å². The third-order valence-electron chi connectivity index (χ3n) is 5.36. The quantitative estimate of drug-likeness (QED) is 0.251. The molecule has 0 spiro atoms. The molecule has 1 N–H and O–H groups in total. The van der Waals surface area contributed by atoms with Crippen molar-refractivity contribution in [2.45, 2.75) is 31.8 Å². The highest BCUT2D eigenvalue weighted by atomic mass is 127. The van der Waals surface area contributed by atoms with E-state index in [1.807, 2.05) is 7.05 Å². The third-order valence-corrected chi connectivity index (χ3v) is 5.36. The van der Waals surface area contributed by atoms with E-state index in [0.717, 1.165) is 64.5 Å². The number of nitrogens with zero attached hydrogens (tertiary/aromatic N) is 2. The van der Waals surface area contributed by atoms with Gasteiger partial charge >= 0.3 is 0 Å². The highest BCUT2D eigenvalue weighted by Crippen LogP contribution is 2.19. The zero-order valence-electron chi connectivity index (χ0n) is 17.6. The molecule has 0 aromatic heterocycles. The number of fused-ring (bicyclic) bond motifs is 1. The summed E-state index contributed by atoms with van der Waals surface area (Å²) >= 11 is 0. The lowest BCUT2D eigenvalue weighted by Gasteiger charge is -2.34. The van der Waals surface area contributed by atoms with Crippen LogP contribution in [0.5, 0.6) is 0 Å². The normalized spacial score (nSPS) is 15.4. The summed E-state index contributed by atoms with van der Waals surface area (Å²) in [4.78, 5) is 6.84. The Kier molecular flexibility index (Phi) is 10.7. The van der Waals surface area contributed by atoms with Crippen molar-refractivity contribution in [3.63, 3.8) is 0 Å². The molecule has 6 heteroatoms. The van der Waals surface area contributed by atoms with E-state index in [2.05, 4.69) is 57.7 Å². The molecule has 1 aliphatic rings. The topological polar surface area (TPSA) is 46.1 Å². The Bertz CT molecular complexity index is 755. The van der Waals surface area contributed by atoms with Gasteiger partial charge in [0.05, 0.1) is 6.10 Å². The molecule has 0 atom stereocenters. The molecule has 2 aromatic rings. The zero-order chi connectivity index (χ0) is 19.6. The average molecular weight is 511 g/mol. The fourth-order valence-corrected chi connectivity index (χ4v) is 3.84. The molecule has 3 rings (SSSR count). The summed E-state index contributed by atoms with van der Waals surface area (Å²) in [6.45, 7) is 4.42. The second-order valence-electron chi connectivity index (χ2n) is 7.27. The van der Waals surface area contributed by atoms with Gasteiger partial charge in [-0.2, -0.15) is 0 Å². The first-order chi connectivity index (χ1) is 13.8. The van der Waals surface area contributed by atoms with Crippen LogP contribution in [-0.2, 0) is 15.9 Å². The van der Waals surface area contributed by atoms with Crippen molar-refractivity contribution >= 4 is 40.7 Å². The van der Waals surface area contributed by atoms with Crippen molar-refractivity contribution in [3.8, 4) is 0 Å². The fraction of sp³-hybridized carbons (Fsp3) is 0.522. The van der Waals surface area contributed by atoms with E-state index < -0.39 is 0 Å². The van der Waals surface area contributed by atoms with Crippen molar-refractivity contribution in [3.05, 3.63) is 48.0 Å². The number of ether oxygens (including phenoxy) is 2. The molecule has 1 aliphatic heterocycles. The molecule has 5 nitrogen and oxygen atoms in total. The summed E-state index contributed by atoms with van der Waals surface area (Å²) in [6, 6.07) is 15.1. The van der Waals surface area contributed by atoms with Crippen LogP contribution in [0.2, 0.25) is 0 Å². The van der Waals surface area contributed by atoms with Gasteiger partial charge < -0.3 is 19.7 Å². The first-order valence-electron chi connectivity index (χ1n) is 10.3. The number of guanidine groups is 1. The lowest BCUT2D eigenvalue weighted by molar-refractivity contribution is 0.00992. The number of rotatable bonds is 8. The molecule has 0 saturated carbocycles. The third kappa shape index (κ3) is 7.12. The zero-order valence-corrected chi connectivity index (χ0v) is 19.9. The summed E-state index contributed by atoms with van der Waals surface area (Å²) in [7, 11) is 3.60. The standard InChI is InChI=1S/C23H33N3O2.HI/c1-24-23(26-15-12-21(13-16-26)28-18-6-17-27-2)25-14-11-20-9-5-8-19-7-3-4-10-22(19)20;/h3-5,7-10,21H,6,11-18H2,1-2H3,(H,24,25);1H. The monoisotopic (exact) mass is 511 g/mol. The highest BCUT2D eigenvalue weighted by molar-refractivity contribution is 14.0. The van der Waals surface area contributed by atoms with E-state index in [1.165, 1.54) is 16.3 Å². The van der Waals surface area contributed by atoms with E-state index in [4.69, 9.17) is 9.47 Å². The second-order valence-corrected chi connectivity index (χ2v) is 7.27. The van der Waals surface area contributed by atoms with E-state index >= 15 is 0 Å². The molecule has 1 fully saturated rings. The largest absolute Gasteiger partial charge is 0.385 e. The second kappa shape index (κ2) is 13.0. The van der Waals surface area contributed by atoms with Crippen LogP contribution in [0, 0.1) is 0 Å². The number of halogens is 1. The van der Waals surface area contributed by atoms with Gasteiger partial charge in [0.15, 0.2) is 5.96 Å². The summed E-state index contributed by atoms with van der Waals surface area (Å²) < 4.78 is 11.0. The van der Waals surface area contributed by atoms with Crippen molar-refractivity contribution in [1.29, 1.82) is 0 Å². The molecule has 2 aromatic carbocycles. The minimum Gasteiger partial charge on any atom is -0.385 e.